The van der Waals surface area contributed by atoms with Crippen LogP contribution in [0, 0.1) is 0 Å². The molecular formula is C9H20N2O2. The van der Waals surface area contributed by atoms with Crippen molar-refractivity contribution < 1.29 is 9.53 Å². The summed E-state index contributed by atoms with van der Waals surface area (Å²) in [7, 11) is 1.41. The van der Waals surface area contributed by atoms with E-state index in [9.17, 15) is 4.79 Å². The van der Waals surface area contributed by atoms with Gasteiger partial charge in [0.15, 0.2) is 0 Å². The molecule has 4 nitrogen and oxygen atoms in total. The molecule has 0 aromatic heterocycles. The summed E-state index contributed by atoms with van der Waals surface area (Å²) in [6.07, 6.45) is 1.97. The van der Waals surface area contributed by atoms with Gasteiger partial charge in [-0.25, -0.2) is 0 Å². The molecule has 78 valence electrons. The van der Waals surface area contributed by atoms with Gasteiger partial charge in [-0.2, -0.15) is 0 Å². The highest BCUT2D eigenvalue weighted by molar-refractivity contribution is 5.71. The van der Waals surface area contributed by atoms with Gasteiger partial charge in [0.2, 0.25) is 0 Å². The second-order valence-electron chi connectivity index (χ2n) is 2.99. The summed E-state index contributed by atoms with van der Waals surface area (Å²) in [6, 6.07) is 0. The Bertz CT molecular complexity index is 140. The number of hydrogen-bond donors (Lipinski definition) is 1. The number of rotatable bonds is 7. The highest BCUT2D eigenvalue weighted by atomic mass is 16.5. The van der Waals surface area contributed by atoms with E-state index < -0.39 is 0 Å². The zero-order chi connectivity index (χ0) is 10.1. The molecule has 0 aromatic carbocycles. The van der Waals surface area contributed by atoms with Gasteiger partial charge in [-0.1, -0.05) is 6.92 Å². The number of esters is 1. The van der Waals surface area contributed by atoms with Crippen molar-refractivity contribution in [3.8, 4) is 0 Å². The first-order chi connectivity index (χ1) is 6.24. The first-order valence-corrected chi connectivity index (χ1v) is 4.73. The summed E-state index contributed by atoms with van der Waals surface area (Å²) in [5.74, 6) is -0.175. The fourth-order valence-electron chi connectivity index (χ4n) is 1.15. The minimum atomic E-state index is -0.175. The smallest absolute Gasteiger partial charge is 0.319 e. The van der Waals surface area contributed by atoms with E-state index >= 15 is 0 Å². The van der Waals surface area contributed by atoms with E-state index in [2.05, 4.69) is 16.6 Å². The molecule has 0 amide bonds. The third kappa shape index (κ3) is 6.54. The first kappa shape index (κ1) is 12.4. The molecule has 0 fully saturated rings. The van der Waals surface area contributed by atoms with Crippen LogP contribution in [-0.2, 0) is 9.53 Å². The van der Waals surface area contributed by atoms with E-state index in [4.69, 9.17) is 5.73 Å². The number of nitrogens with zero attached hydrogens (tertiary/aromatic N) is 1. The van der Waals surface area contributed by atoms with Crippen molar-refractivity contribution in [2.24, 2.45) is 5.73 Å². The maximum Gasteiger partial charge on any atom is 0.319 e. The van der Waals surface area contributed by atoms with E-state index in [-0.39, 0.29) is 5.97 Å². The fourth-order valence-corrected chi connectivity index (χ4v) is 1.15. The number of carbonyl (C=O) groups is 1. The Kier molecular flexibility index (Phi) is 7.63. The van der Waals surface area contributed by atoms with Crippen molar-refractivity contribution in [1.82, 2.24) is 4.90 Å². The van der Waals surface area contributed by atoms with Gasteiger partial charge in [0.05, 0.1) is 13.7 Å². The molecule has 0 aromatic rings. The van der Waals surface area contributed by atoms with Gasteiger partial charge in [-0.15, -0.1) is 0 Å². The van der Waals surface area contributed by atoms with Crippen molar-refractivity contribution in [2.45, 2.75) is 19.8 Å². The molecule has 0 rings (SSSR count). The van der Waals surface area contributed by atoms with Gasteiger partial charge in [0.25, 0.3) is 0 Å². The molecule has 4 heteroatoms. The second-order valence-corrected chi connectivity index (χ2v) is 2.99. The van der Waals surface area contributed by atoms with Crippen molar-refractivity contribution in [1.29, 1.82) is 0 Å². The lowest BCUT2D eigenvalue weighted by Crippen LogP contribution is -2.33. The number of hydrogen-bond acceptors (Lipinski definition) is 4. The predicted molar refractivity (Wildman–Crippen MR) is 52.4 cm³/mol. The highest BCUT2D eigenvalue weighted by Crippen LogP contribution is 1.94. The molecule has 0 saturated heterocycles. The van der Waals surface area contributed by atoms with Crippen LogP contribution in [0.3, 0.4) is 0 Å². The molecule has 0 saturated carbocycles. The lowest BCUT2D eigenvalue weighted by molar-refractivity contribution is -0.141. The van der Waals surface area contributed by atoms with Crippen LogP contribution >= 0.6 is 0 Å². The maximum absolute atomic E-state index is 11.0. The molecule has 0 radical (unpaired) electrons. The molecule has 0 unspecified atom stereocenters. The van der Waals surface area contributed by atoms with Crippen LogP contribution in [0.1, 0.15) is 19.8 Å². The summed E-state index contributed by atoms with van der Waals surface area (Å²) >= 11 is 0. The van der Waals surface area contributed by atoms with E-state index in [1.807, 2.05) is 0 Å². The monoisotopic (exact) mass is 188 g/mol. The molecule has 0 aliphatic heterocycles. The summed E-state index contributed by atoms with van der Waals surface area (Å²) in [6.45, 7) is 4.94. The Hall–Kier alpha value is -0.610. The number of methoxy groups -OCH3 is 1. The topological polar surface area (TPSA) is 55.6 Å². The van der Waals surface area contributed by atoms with Crippen molar-refractivity contribution >= 4 is 5.97 Å². The molecule has 0 aliphatic rings. The summed E-state index contributed by atoms with van der Waals surface area (Å²) < 4.78 is 4.60. The van der Waals surface area contributed by atoms with Crippen molar-refractivity contribution in [2.75, 3.05) is 33.3 Å². The summed E-state index contributed by atoms with van der Waals surface area (Å²) in [4.78, 5) is 13.0. The van der Waals surface area contributed by atoms with Crippen LogP contribution in [-0.4, -0.2) is 44.2 Å². The second kappa shape index (κ2) is 8.01. The molecule has 2 N–H and O–H groups in total. The van der Waals surface area contributed by atoms with Gasteiger partial charge in [0.1, 0.15) is 0 Å². The lowest BCUT2D eigenvalue weighted by atomic mass is 10.3. The Balaban J connectivity index is 3.71. The molecule has 0 atom stereocenters. The Morgan fingerprint density at radius 1 is 1.46 bits per heavy atom. The lowest BCUT2D eigenvalue weighted by Gasteiger charge is -2.19. The van der Waals surface area contributed by atoms with Gasteiger partial charge < -0.3 is 10.5 Å². The number of nitrogens with two attached hydrogens (primary N) is 1. The van der Waals surface area contributed by atoms with Crippen LogP contribution in [0.15, 0.2) is 0 Å². The van der Waals surface area contributed by atoms with Gasteiger partial charge in [-0.05, 0) is 32.5 Å². The van der Waals surface area contributed by atoms with Crippen LogP contribution in [0.2, 0.25) is 0 Å². The fraction of sp³-hybridized carbons (Fsp3) is 0.889. The Labute approximate surface area is 80.0 Å². The van der Waals surface area contributed by atoms with Crippen molar-refractivity contribution in [3.63, 3.8) is 0 Å². The number of ether oxygens (including phenoxy) is 1. The molecule has 13 heavy (non-hydrogen) atoms. The zero-order valence-electron chi connectivity index (χ0n) is 8.58. The Morgan fingerprint density at radius 3 is 2.62 bits per heavy atom. The van der Waals surface area contributed by atoms with Crippen molar-refractivity contribution in [3.05, 3.63) is 0 Å². The first-order valence-electron chi connectivity index (χ1n) is 4.73. The van der Waals surface area contributed by atoms with Gasteiger partial charge in [-0.3, -0.25) is 9.69 Å². The van der Waals surface area contributed by atoms with E-state index in [0.717, 1.165) is 25.9 Å². The predicted octanol–water partition coefficient (Wildman–Crippen LogP) is 0.220. The number of carbonyl (C=O) groups excluding carboxylic acids is 1. The molecule has 0 bridgehead atoms. The van der Waals surface area contributed by atoms with E-state index in [1.54, 1.807) is 0 Å². The SMILES string of the molecule is CCCN(CCCN)CC(=O)OC. The molecule has 0 heterocycles. The minimum Gasteiger partial charge on any atom is -0.468 e. The quantitative estimate of drug-likeness (QED) is 0.581. The average Bonchev–Trinajstić information content (AvgIpc) is 2.14. The van der Waals surface area contributed by atoms with Crippen LogP contribution in [0.25, 0.3) is 0 Å². The molecule has 0 aliphatic carbocycles. The average molecular weight is 188 g/mol. The third-order valence-corrected chi connectivity index (χ3v) is 1.80. The summed E-state index contributed by atoms with van der Waals surface area (Å²) in [5, 5.41) is 0. The zero-order valence-corrected chi connectivity index (χ0v) is 8.58. The molecule has 0 spiro atoms. The highest BCUT2D eigenvalue weighted by Gasteiger charge is 2.08. The van der Waals surface area contributed by atoms with Crippen LogP contribution < -0.4 is 5.73 Å². The van der Waals surface area contributed by atoms with Gasteiger partial charge in [0, 0.05) is 0 Å². The normalized spacial score (nSPS) is 10.5. The van der Waals surface area contributed by atoms with E-state index in [0.29, 0.717) is 13.1 Å². The Morgan fingerprint density at radius 2 is 2.15 bits per heavy atom. The largest absolute Gasteiger partial charge is 0.468 e. The van der Waals surface area contributed by atoms with E-state index in [1.165, 1.54) is 7.11 Å². The maximum atomic E-state index is 11.0. The van der Waals surface area contributed by atoms with Crippen LogP contribution in [0.4, 0.5) is 0 Å². The molecular weight excluding hydrogens is 168 g/mol. The van der Waals surface area contributed by atoms with Gasteiger partial charge >= 0.3 is 5.97 Å². The van der Waals surface area contributed by atoms with Crippen LogP contribution in [0.5, 0.6) is 0 Å². The standard InChI is InChI=1S/C9H20N2O2/c1-3-6-11(7-4-5-10)8-9(12)13-2/h3-8,10H2,1-2H3. The third-order valence-electron chi connectivity index (χ3n) is 1.80. The summed E-state index contributed by atoms with van der Waals surface area (Å²) in [5.41, 5.74) is 5.39. The minimum absolute atomic E-state index is 0.175.